The molecule has 3 aliphatic heterocycles. The van der Waals surface area contributed by atoms with Gasteiger partial charge in [-0.3, -0.25) is 19.2 Å². The summed E-state index contributed by atoms with van der Waals surface area (Å²) in [4.78, 5) is 56.0. The summed E-state index contributed by atoms with van der Waals surface area (Å²) in [5.74, 6) is 2.17. The van der Waals surface area contributed by atoms with E-state index in [2.05, 4.69) is 92.7 Å². The molecule has 61 heavy (non-hydrogen) atoms. The molecule has 0 radical (unpaired) electrons. The van der Waals surface area contributed by atoms with Crippen molar-refractivity contribution in [3.8, 4) is 0 Å². The van der Waals surface area contributed by atoms with E-state index in [-0.39, 0.29) is 99.2 Å². The van der Waals surface area contributed by atoms with Crippen LogP contribution in [0.15, 0.2) is 58.6 Å². The molecule has 2 amide bonds. The minimum atomic E-state index is -0.478. The van der Waals surface area contributed by atoms with Gasteiger partial charge in [0.25, 0.3) is 11.8 Å². The summed E-state index contributed by atoms with van der Waals surface area (Å²) in [7, 11) is 3.38. The zero-order valence-corrected chi connectivity index (χ0v) is 39.8. The first-order chi connectivity index (χ1) is 28.6. The van der Waals surface area contributed by atoms with E-state index < -0.39 is 12.1 Å². The van der Waals surface area contributed by atoms with Crippen molar-refractivity contribution in [2.75, 3.05) is 14.1 Å². The highest BCUT2D eigenvalue weighted by molar-refractivity contribution is 6.27. The Bertz CT molecular complexity index is 1890. The molecule has 9 heteroatoms. The van der Waals surface area contributed by atoms with Crippen LogP contribution in [-0.4, -0.2) is 81.3 Å². The standard InChI is InChI=1S/C26H39NO4.C26H39NO3/c1-13(2)10-19-23(28)22(25(30)27(19)7)24(29)21-18(26(6)16(5)31-26)9-8-17-12-14(3)11-15(4)20(17)21;1-8-15(4)19-11-10-18-13-14(3)12-17(6)20(18)21(19)24(28)22-25(29)23(16(5)9-2)27(7)26(22)30/h8-9,13-21,29H,10-12H2,1-7H3;8,10-11,14,16-21,23,28H,9,12-13H2,1-7H3/b24-22-;15-8-,24-22-. The molecule has 0 aromatic heterocycles. The average molecular weight is 843 g/mol. The van der Waals surface area contributed by atoms with Gasteiger partial charge in [0.05, 0.1) is 23.8 Å². The topological polar surface area (TPSA) is 128 Å². The number of ether oxygens (including phenoxy) is 1. The highest BCUT2D eigenvalue weighted by Crippen LogP contribution is 2.58. The summed E-state index contributed by atoms with van der Waals surface area (Å²) in [6.45, 7) is 25.5. The largest absolute Gasteiger partial charge is 0.511 e. The number of rotatable bonds is 8. The van der Waals surface area contributed by atoms with Gasteiger partial charge in [0, 0.05) is 37.8 Å². The second-order valence-electron chi connectivity index (χ2n) is 21.5. The Hall–Kier alpha value is -3.46. The first kappa shape index (κ1) is 47.0. The lowest BCUT2D eigenvalue weighted by molar-refractivity contribution is -0.126. The lowest BCUT2D eigenvalue weighted by Gasteiger charge is -2.48. The van der Waals surface area contributed by atoms with Crippen LogP contribution in [0.1, 0.15) is 122 Å². The molecule has 7 rings (SSSR count). The zero-order chi connectivity index (χ0) is 45.2. The van der Waals surface area contributed by atoms with Gasteiger partial charge in [-0.1, -0.05) is 97.8 Å². The van der Waals surface area contributed by atoms with Crippen molar-refractivity contribution in [1.29, 1.82) is 0 Å². The molecule has 3 heterocycles. The second kappa shape index (κ2) is 18.0. The van der Waals surface area contributed by atoms with Crippen LogP contribution >= 0.6 is 0 Å². The number of hydrogen-bond acceptors (Lipinski definition) is 7. The second-order valence-corrected chi connectivity index (χ2v) is 21.5. The monoisotopic (exact) mass is 843 g/mol. The molecule has 17 atom stereocenters. The number of fused-ring (bicyclic) bond motifs is 2. The van der Waals surface area contributed by atoms with Gasteiger partial charge in [0.1, 0.15) is 22.7 Å². The normalized spacial score (nSPS) is 43.3. The van der Waals surface area contributed by atoms with Crippen molar-refractivity contribution in [2.24, 2.45) is 82.9 Å². The summed E-state index contributed by atoms with van der Waals surface area (Å²) in [6.07, 6.45) is 17.1. The van der Waals surface area contributed by atoms with E-state index in [0.717, 1.165) is 32.1 Å². The van der Waals surface area contributed by atoms with Gasteiger partial charge in [-0.15, -0.1) is 0 Å². The van der Waals surface area contributed by atoms with Crippen LogP contribution in [0.25, 0.3) is 0 Å². The Labute approximate surface area is 367 Å². The third kappa shape index (κ3) is 8.40. The average Bonchev–Trinajstić information content (AvgIpc) is 3.68. The molecule has 3 saturated heterocycles. The molecule has 0 aromatic carbocycles. The van der Waals surface area contributed by atoms with Gasteiger partial charge in [0.15, 0.2) is 11.6 Å². The molecular weight excluding hydrogens is 765 g/mol. The molecule has 338 valence electrons. The Balaban J connectivity index is 0.000000204. The molecule has 17 unspecified atom stereocenters. The highest BCUT2D eigenvalue weighted by Gasteiger charge is 2.61. The van der Waals surface area contributed by atoms with Gasteiger partial charge in [-0.05, 0) is 119 Å². The molecule has 4 aliphatic carbocycles. The number of carbonyl (C=O) groups is 4. The highest BCUT2D eigenvalue weighted by atomic mass is 16.6. The minimum Gasteiger partial charge on any atom is -0.511 e. The molecule has 7 aliphatic rings. The predicted molar refractivity (Wildman–Crippen MR) is 241 cm³/mol. The van der Waals surface area contributed by atoms with Crippen molar-refractivity contribution in [3.05, 3.63) is 58.6 Å². The fraction of sp³-hybridized carbons (Fsp3) is 0.731. The number of aliphatic hydroxyl groups excluding tert-OH is 2. The van der Waals surface area contributed by atoms with Gasteiger partial charge >= 0.3 is 0 Å². The van der Waals surface area contributed by atoms with E-state index >= 15 is 0 Å². The van der Waals surface area contributed by atoms with Crippen LogP contribution in [0.5, 0.6) is 0 Å². The summed E-state index contributed by atoms with van der Waals surface area (Å²) in [5, 5.41) is 23.3. The van der Waals surface area contributed by atoms with E-state index in [0.29, 0.717) is 47.8 Å². The number of allylic oxidation sites excluding steroid dienone is 7. The van der Waals surface area contributed by atoms with Crippen molar-refractivity contribution in [3.63, 3.8) is 0 Å². The minimum absolute atomic E-state index is 0.0165. The predicted octanol–water partition coefficient (Wildman–Crippen LogP) is 9.85. The number of likely N-dealkylation sites (tertiary alicyclic amines) is 2. The summed E-state index contributed by atoms with van der Waals surface area (Å²) in [6, 6.07) is -0.951. The molecule has 0 aromatic rings. The number of likely N-dealkylation sites (N-methyl/N-ethyl adjacent to an activating group) is 2. The Morgan fingerprint density at radius 1 is 0.787 bits per heavy atom. The van der Waals surface area contributed by atoms with Crippen LogP contribution in [0, 0.1) is 82.9 Å². The van der Waals surface area contributed by atoms with Crippen LogP contribution in [0.4, 0.5) is 0 Å². The van der Waals surface area contributed by atoms with E-state index in [1.165, 1.54) is 10.5 Å². The van der Waals surface area contributed by atoms with Crippen LogP contribution in [0.3, 0.4) is 0 Å². The third-order valence-electron chi connectivity index (χ3n) is 16.8. The smallest absolute Gasteiger partial charge is 0.261 e. The van der Waals surface area contributed by atoms with Crippen LogP contribution in [-0.2, 0) is 23.9 Å². The number of aliphatic hydroxyl groups is 2. The van der Waals surface area contributed by atoms with Crippen LogP contribution in [0.2, 0.25) is 0 Å². The summed E-state index contributed by atoms with van der Waals surface area (Å²) in [5.41, 5.74) is 0.885. The molecule has 0 spiro atoms. The van der Waals surface area contributed by atoms with Gasteiger partial charge < -0.3 is 24.7 Å². The fourth-order valence-corrected chi connectivity index (χ4v) is 13.2. The number of Topliss-reactive ketones (excluding diaryl/α,β-unsaturated/α-hetero) is 2. The maximum Gasteiger partial charge on any atom is 0.261 e. The Morgan fingerprint density at radius 2 is 1.28 bits per heavy atom. The quantitative estimate of drug-likeness (QED) is 0.0819. The van der Waals surface area contributed by atoms with Crippen molar-refractivity contribution in [2.45, 2.75) is 145 Å². The third-order valence-corrected chi connectivity index (χ3v) is 16.8. The summed E-state index contributed by atoms with van der Waals surface area (Å²) >= 11 is 0. The van der Waals surface area contributed by atoms with Gasteiger partial charge in [-0.2, -0.15) is 0 Å². The maximum absolute atomic E-state index is 13.3. The van der Waals surface area contributed by atoms with Crippen LogP contribution < -0.4 is 0 Å². The first-order valence-corrected chi connectivity index (χ1v) is 23.8. The SMILES string of the molecule is C/C=C(/C)C1C=CC2CC(C)CC(C)C2C1/C(O)=C1\C(=O)C(C(C)CC)N(C)C1=O.CC(C)CC1C(=O)/C(=C(/O)C2C3C(C)CC(C)CC3C=CC2C2(C)OC2C)C(=O)N1C. The van der Waals surface area contributed by atoms with E-state index in [1.54, 1.807) is 19.0 Å². The lowest BCUT2D eigenvalue weighted by Crippen LogP contribution is -2.45. The molecule has 9 nitrogen and oxygen atoms in total. The van der Waals surface area contributed by atoms with Crippen molar-refractivity contribution >= 4 is 23.4 Å². The van der Waals surface area contributed by atoms with E-state index in [4.69, 9.17) is 4.74 Å². The molecule has 2 N–H and O–H groups in total. The number of ketones is 2. The van der Waals surface area contributed by atoms with Gasteiger partial charge in [-0.25, -0.2) is 0 Å². The number of carbonyl (C=O) groups excluding carboxylic acids is 4. The number of hydrogen-bond donors (Lipinski definition) is 2. The van der Waals surface area contributed by atoms with Crippen molar-refractivity contribution < 1.29 is 34.1 Å². The Kier molecular flexibility index (Phi) is 13.8. The molecule has 5 fully saturated rings. The molecule has 2 saturated carbocycles. The molecular formula is C52H78N2O7. The fourth-order valence-electron chi connectivity index (χ4n) is 13.2. The van der Waals surface area contributed by atoms with Crippen molar-refractivity contribution in [1.82, 2.24) is 9.80 Å². The molecule has 0 bridgehead atoms. The first-order valence-electron chi connectivity index (χ1n) is 23.8. The summed E-state index contributed by atoms with van der Waals surface area (Å²) < 4.78 is 6.01. The van der Waals surface area contributed by atoms with E-state index in [9.17, 15) is 29.4 Å². The van der Waals surface area contributed by atoms with Gasteiger partial charge in [0.2, 0.25) is 0 Å². The number of nitrogens with zero attached hydrogens (tertiary/aromatic N) is 2. The Morgan fingerprint density at radius 3 is 1.79 bits per heavy atom. The number of amides is 2. The zero-order valence-electron chi connectivity index (χ0n) is 39.8. The number of epoxide rings is 1. The maximum atomic E-state index is 13.3. The lowest BCUT2D eigenvalue weighted by atomic mass is 9.56. The van der Waals surface area contributed by atoms with E-state index in [1.807, 2.05) is 20.8 Å².